The SMILES string of the molecule is O=C1CCc2c(C(F)(F)F)cc(OCCCCO)nc2N1. The third-order valence-electron chi connectivity index (χ3n) is 3.07. The van der Waals surface area contributed by atoms with Gasteiger partial charge in [-0.15, -0.1) is 0 Å². The minimum absolute atomic E-state index is 0.00774. The topological polar surface area (TPSA) is 71.5 Å². The van der Waals surface area contributed by atoms with Crippen LogP contribution in [0, 0.1) is 0 Å². The summed E-state index contributed by atoms with van der Waals surface area (Å²) in [7, 11) is 0. The Morgan fingerprint density at radius 3 is 2.76 bits per heavy atom. The normalized spacial score (nSPS) is 14.6. The number of hydrogen-bond acceptors (Lipinski definition) is 4. The molecular weight excluding hydrogens is 289 g/mol. The molecule has 2 rings (SSSR count). The minimum Gasteiger partial charge on any atom is -0.478 e. The fraction of sp³-hybridized carbons (Fsp3) is 0.538. The molecule has 0 fully saturated rings. The predicted molar refractivity (Wildman–Crippen MR) is 68.0 cm³/mol. The third kappa shape index (κ3) is 3.84. The highest BCUT2D eigenvalue weighted by atomic mass is 19.4. The predicted octanol–water partition coefficient (Wildman–Crippen LogP) is 2.14. The van der Waals surface area contributed by atoms with Gasteiger partial charge in [0.2, 0.25) is 11.8 Å². The van der Waals surface area contributed by atoms with Crippen molar-refractivity contribution in [1.29, 1.82) is 0 Å². The number of fused-ring (bicyclic) bond motifs is 1. The number of anilines is 1. The Morgan fingerprint density at radius 1 is 1.33 bits per heavy atom. The van der Waals surface area contributed by atoms with Crippen molar-refractivity contribution in [2.24, 2.45) is 0 Å². The second-order valence-corrected chi connectivity index (χ2v) is 4.66. The molecule has 0 aromatic carbocycles. The van der Waals surface area contributed by atoms with Gasteiger partial charge >= 0.3 is 6.18 Å². The van der Waals surface area contributed by atoms with Gasteiger partial charge in [0.05, 0.1) is 12.2 Å². The van der Waals surface area contributed by atoms with Crippen LogP contribution < -0.4 is 10.1 Å². The van der Waals surface area contributed by atoms with Crippen LogP contribution in [-0.4, -0.2) is 29.2 Å². The fourth-order valence-electron chi connectivity index (χ4n) is 2.06. The molecule has 0 atom stereocenters. The number of amides is 1. The Kier molecular flexibility index (Phi) is 4.66. The van der Waals surface area contributed by atoms with Crippen LogP contribution in [-0.2, 0) is 17.4 Å². The molecule has 116 valence electrons. The highest BCUT2D eigenvalue weighted by Crippen LogP contribution is 2.38. The van der Waals surface area contributed by atoms with Gasteiger partial charge in [0.1, 0.15) is 5.82 Å². The molecule has 21 heavy (non-hydrogen) atoms. The van der Waals surface area contributed by atoms with Crippen molar-refractivity contribution in [1.82, 2.24) is 4.98 Å². The molecular formula is C13H15F3N2O3. The number of aliphatic hydroxyl groups excluding tert-OH is 1. The number of halogens is 3. The molecule has 0 spiro atoms. The van der Waals surface area contributed by atoms with E-state index in [1.807, 2.05) is 0 Å². The van der Waals surface area contributed by atoms with Crippen molar-refractivity contribution in [3.05, 3.63) is 17.2 Å². The highest BCUT2D eigenvalue weighted by Gasteiger charge is 2.37. The number of aliphatic hydroxyl groups is 1. The van der Waals surface area contributed by atoms with E-state index >= 15 is 0 Å². The molecule has 5 nitrogen and oxygen atoms in total. The first-order chi connectivity index (χ1) is 9.91. The van der Waals surface area contributed by atoms with Gasteiger partial charge in [0, 0.05) is 24.7 Å². The first-order valence-electron chi connectivity index (χ1n) is 6.56. The van der Waals surface area contributed by atoms with E-state index in [4.69, 9.17) is 9.84 Å². The van der Waals surface area contributed by atoms with E-state index in [0.717, 1.165) is 6.07 Å². The van der Waals surface area contributed by atoms with E-state index in [9.17, 15) is 18.0 Å². The van der Waals surface area contributed by atoms with Crippen molar-refractivity contribution in [3.8, 4) is 5.88 Å². The lowest BCUT2D eigenvalue weighted by atomic mass is 10.0. The van der Waals surface area contributed by atoms with E-state index in [-0.39, 0.29) is 49.2 Å². The van der Waals surface area contributed by atoms with Crippen molar-refractivity contribution in [2.75, 3.05) is 18.5 Å². The van der Waals surface area contributed by atoms with Crippen LogP contribution >= 0.6 is 0 Å². The van der Waals surface area contributed by atoms with Crippen molar-refractivity contribution in [3.63, 3.8) is 0 Å². The third-order valence-corrected chi connectivity index (χ3v) is 3.07. The summed E-state index contributed by atoms with van der Waals surface area (Å²) in [5.74, 6) is -0.625. The van der Waals surface area contributed by atoms with E-state index in [0.29, 0.717) is 12.8 Å². The molecule has 1 aliphatic heterocycles. The zero-order chi connectivity index (χ0) is 15.5. The van der Waals surface area contributed by atoms with Crippen LogP contribution in [0.15, 0.2) is 6.07 Å². The monoisotopic (exact) mass is 304 g/mol. The van der Waals surface area contributed by atoms with Gasteiger partial charge in [-0.05, 0) is 19.3 Å². The average Bonchev–Trinajstić information content (AvgIpc) is 2.41. The summed E-state index contributed by atoms with van der Waals surface area (Å²) in [6.07, 6.45) is -3.52. The van der Waals surface area contributed by atoms with Crippen molar-refractivity contribution >= 4 is 11.7 Å². The summed E-state index contributed by atoms with van der Waals surface area (Å²) in [5.41, 5.74) is -0.838. The Bertz CT molecular complexity index is 532. The van der Waals surface area contributed by atoms with Crippen LogP contribution in [0.4, 0.5) is 19.0 Å². The van der Waals surface area contributed by atoms with Gasteiger partial charge in [-0.3, -0.25) is 4.79 Å². The number of aromatic nitrogens is 1. The van der Waals surface area contributed by atoms with E-state index in [1.165, 1.54) is 0 Å². The summed E-state index contributed by atoms with van der Waals surface area (Å²) < 4.78 is 44.4. The van der Waals surface area contributed by atoms with E-state index in [2.05, 4.69) is 10.3 Å². The number of ether oxygens (including phenoxy) is 1. The molecule has 0 aliphatic carbocycles. The lowest BCUT2D eigenvalue weighted by molar-refractivity contribution is -0.138. The second kappa shape index (κ2) is 6.30. The van der Waals surface area contributed by atoms with E-state index < -0.39 is 11.7 Å². The van der Waals surface area contributed by atoms with Crippen molar-refractivity contribution < 1.29 is 27.8 Å². The molecule has 2 heterocycles. The maximum atomic E-state index is 13.1. The smallest absolute Gasteiger partial charge is 0.417 e. The van der Waals surface area contributed by atoms with Gasteiger partial charge in [-0.2, -0.15) is 18.2 Å². The Labute approximate surface area is 119 Å². The molecule has 0 saturated heterocycles. The summed E-state index contributed by atoms with van der Waals surface area (Å²) in [6, 6.07) is 0.856. The minimum atomic E-state index is -4.53. The summed E-state index contributed by atoms with van der Waals surface area (Å²) >= 11 is 0. The zero-order valence-electron chi connectivity index (χ0n) is 11.2. The number of carbonyl (C=O) groups excluding carboxylic acids is 1. The van der Waals surface area contributed by atoms with Crippen LogP contribution in [0.5, 0.6) is 5.88 Å². The number of nitrogens with zero attached hydrogens (tertiary/aromatic N) is 1. The summed E-state index contributed by atoms with van der Waals surface area (Å²) in [4.78, 5) is 15.2. The molecule has 0 bridgehead atoms. The van der Waals surface area contributed by atoms with Gasteiger partial charge in [-0.1, -0.05) is 0 Å². The average molecular weight is 304 g/mol. The zero-order valence-corrected chi connectivity index (χ0v) is 11.2. The molecule has 8 heteroatoms. The number of unbranched alkanes of at least 4 members (excludes halogenated alkanes) is 1. The molecule has 1 aromatic heterocycles. The van der Waals surface area contributed by atoms with Crippen LogP contribution in [0.1, 0.15) is 30.4 Å². The summed E-state index contributed by atoms with van der Waals surface area (Å²) in [6.45, 7) is 0.141. The van der Waals surface area contributed by atoms with Gasteiger partial charge in [0.25, 0.3) is 0 Å². The lowest BCUT2D eigenvalue weighted by Gasteiger charge is -2.21. The standard InChI is InChI=1S/C13H15F3N2O3/c14-13(15,16)9-7-11(21-6-2-1-5-19)18-12-8(9)3-4-10(20)17-12/h7,19H,1-6H2,(H,17,18,20). The van der Waals surface area contributed by atoms with Gasteiger partial charge in [0.15, 0.2) is 0 Å². The van der Waals surface area contributed by atoms with Crippen LogP contribution in [0.3, 0.4) is 0 Å². The van der Waals surface area contributed by atoms with Gasteiger partial charge < -0.3 is 15.2 Å². The number of nitrogens with one attached hydrogen (secondary N) is 1. The van der Waals surface area contributed by atoms with Crippen LogP contribution in [0.2, 0.25) is 0 Å². The molecule has 0 saturated carbocycles. The Balaban J connectivity index is 2.27. The van der Waals surface area contributed by atoms with Crippen LogP contribution in [0.25, 0.3) is 0 Å². The van der Waals surface area contributed by atoms with E-state index in [1.54, 1.807) is 0 Å². The largest absolute Gasteiger partial charge is 0.478 e. The maximum Gasteiger partial charge on any atom is 0.417 e. The molecule has 1 aliphatic rings. The quantitative estimate of drug-likeness (QED) is 0.818. The highest BCUT2D eigenvalue weighted by molar-refractivity contribution is 5.93. The number of hydrogen-bond donors (Lipinski definition) is 2. The number of alkyl halides is 3. The van der Waals surface area contributed by atoms with Gasteiger partial charge in [-0.25, -0.2) is 0 Å². The second-order valence-electron chi connectivity index (χ2n) is 4.66. The number of carbonyl (C=O) groups is 1. The number of pyridine rings is 1. The first kappa shape index (κ1) is 15.6. The fourth-order valence-corrected chi connectivity index (χ4v) is 2.06. The first-order valence-corrected chi connectivity index (χ1v) is 6.56. The maximum absolute atomic E-state index is 13.1. The summed E-state index contributed by atoms with van der Waals surface area (Å²) in [5, 5.41) is 11.0. The Hall–Kier alpha value is -1.83. The molecule has 1 aromatic rings. The molecule has 0 radical (unpaired) electrons. The molecule has 0 unspecified atom stereocenters. The number of rotatable bonds is 5. The Morgan fingerprint density at radius 2 is 2.10 bits per heavy atom. The molecule has 1 amide bonds. The van der Waals surface area contributed by atoms with Crippen molar-refractivity contribution in [2.45, 2.75) is 31.9 Å². The molecule has 2 N–H and O–H groups in total. The lowest BCUT2D eigenvalue weighted by Crippen LogP contribution is -2.24.